The first-order valence-corrected chi connectivity index (χ1v) is 36.0. The first-order valence-electron chi connectivity index (χ1n) is 36.0. The molecule has 0 amide bonds. The Morgan fingerprint density at radius 1 is 0.421 bits per heavy atom. The van der Waals surface area contributed by atoms with Crippen molar-refractivity contribution >= 4 is 12.1 Å². The molecule has 7 rings (SSSR count). The lowest BCUT2D eigenvalue weighted by Crippen LogP contribution is -2.45. The first-order chi connectivity index (χ1) is 44.6. The van der Waals surface area contributed by atoms with Gasteiger partial charge in [0.1, 0.15) is 57.3 Å². The number of rotatable bonds is 22. The Morgan fingerprint density at radius 2 is 0.811 bits per heavy atom. The van der Waals surface area contributed by atoms with Crippen LogP contribution in [0.1, 0.15) is 316 Å². The van der Waals surface area contributed by atoms with Gasteiger partial charge in [0.25, 0.3) is 0 Å². The molecular weight excluding hydrogens is 1180 g/mol. The quantitative estimate of drug-likeness (QED) is 0.0486. The third-order valence-corrected chi connectivity index (χ3v) is 18.1. The summed E-state index contributed by atoms with van der Waals surface area (Å²) in [6.07, 6.45) is 13.3. The van der Waals surface area contributed by atoms with Crippen molar-refractivity contribution in [2.75, 3.05) is 0 Å². The van der Waals surface area contributed by atoms with E-state index in [1.165, 1.54) is 84.7 Å². The van der Waals surface area contributed by atoms with E-state index in [0.29, 0.717) is 41.8 Å². The molecule has 0 heterocycles. The maximum absolute atomic E-state index is 12.5. The smallest absolute Gasteiger partial charge is 0.488 e. The highest BCUT2D eigenvalue weighted by molar-refractivity contribution is 5.80. The fourth-order valence-corrected chi connectivity index (χ4v) is 10.5. The minimum atomic E-state index is -0.976. The predicted octanol–water partition coefficient (Wildman–Crippen LogP) is 25.6. The molecule has 526 valence electrons. The Hall–Kier alpha value is -6.74. The van der Waals surface area contributed by atoms with Crippen LogP contribution < -0.4 is 23.7 Å². The zero-order valence-electron chi connectivity index (χ0n) is 63.9. The highest BCUT2D eigenvalue weighted by Crippen LogP contribution is 2.37. The average molecular weight is 1310 g/mol. The standard InChI is InChI=1S/C20H32O3.C18H22O.C18H28O.C16H24O3.C14H22O/c1-9-14(3)16-11-12-17(15(4)13-16)22-20(8,10-2)18(21)23-19(5,6)7;1-4-14(2)16-10-12-18(13-11-16)19-15(3)17-8-6-5-7-9-17;1-4-15(3)16-9-11-17(12-10-16)19-18(5-2)13-7-6-8-14-18;1-7-11(2)13-8-9-14(12(3)10-13)18-15(17)19-16(4,5)6;1-6-11(2)12-7-9-13(10-8-12)15-14(3,4)5/h11-14H,9-10H2,1-8H3;5-15H,4H2,1-3H3;9-12,15H,4-8,13-14H2,1-3H3;8-11H,7H2,1-6H3;7-11H,6H2,1-5H3. The van der Waals surface area contributed by atoms with E-state index in [0.717, 1.165) is 53.4 Å². The van der Waals surface area contributed by atoms with Crippen molar-refractivity contribution in [2.45, 2.75) is 314 Å². The molecule has 7 atom stereocenters. The number of esters is 1. The van der Waals surface area contributed by atoms with Crippen molar-refractivity contribution in [1.29, 1.82) is 0 Å². The van der Waals surface area contributed by atoms with Crippen LogP contribution in [0, 0.1) is 13.8 Å². The van der Waals surface area contributed by atoms with Gasteiger partial charge >= 0.3 is 12.1 Å². The molecule has 1 saturated carbocycles. The van der Waals surface area contributed by atoms with Crippen molar-refractivity contribution in [3.05, 3.63) is 184 Å². The van der Waals surface area contributed by atoms with Gasteiger partial charge in [-0.25, -0.2) is 9.59 Å². The van der Waals surface area contributed by atoms with E-state index >= 15 is 0 Å². The van der Waals surface area contributed by atoms with E-state index in [-0.39, 0.29) is 23.3 Å². The monoisotopic (exact) mass is 1300 g/mol. The summed E-state index contributed by atoms with van der Waals surface area (Å²) in [6.45, 7) is 51.5. The van der Waals surface area contributed by atoms with Gasteiger partial charge in [-0.15, -0.1) is 0 Å². The lowest BCUT2D eigenvalue weighted by atomic mass is 9.82. The maximum atomic E-state index is 12.5. The number of benzene rings is 6. The molecule has 0 radical (unpaired) electrons. The van der Waals surface area contributed by atoms with Crippen LogP contribution in [-0.4, -0.2) is 40.1 Å². The molecule has 1 aliphatic carbocycles. The van der Waals surface area contributed by atoms with E-state index in [1.807, 2.05) is 98.7 Å². The normalized spacial score (nSPS) is 15.3. The Balaban J connectivity index is 0.000000311. The highest BCUT2D eigenvalue weighted by Gasteiger charge is 2.38. The van der Waals surface area contributed by atoms with Gasteiger partial charge < -0.3 is 33.2 Å². The summed E-state index contributed by atoms with van der Waals surface area (Å²) in [6, 6.07) is 48.1. The van der Waals surface area contributed by atoms with E-state index in [9.17, 15) is 9.59 Å². The summed E-state index contributed by atoms with van der Waals surface area (Å²) >= 11 is 0. The second-order valence-corrected chi connectivity index (χ2v) is 29.6. The second kappa shape index (κ2) is 39.5. The van der Waals surface area contributed by atoms with Crippen LogP contribution in [0.3, 0.4) is 0 Å². The number of carbonyl (C=O) groups is 2. The Kier molecular flexibility index (Phi) is 34.3. The van der Waals surface area contributed by atoms with Gasteiger partial charge in [0, 0.05) is 0 Å². The van der Waals surface area contributed by atoms with Gasteiger partial charge in [-0.05, 0) is 283 Å². The molecule has 9 heteroatoms. The Bertz CT molecular complexity index is 3120. The minimum absolute atomic E-state index is 0.0793. The van der Waals surface area contributed by atoms with Crippen molar-refractivity contribution in [3.63, 3.8) is 0 Å². The number of carbonyl (C=O) groups excluding carboxylic acids is 2. The predicted molar refractivity (Wildman–Crippen MR) is 400 cm³/mol. The van der Waals surface area contributed by atoms with Crippen molar-refractivity contribution in [2.24, 2.45) is 0 Å². The van der Waals surface area contributed by atoms with Crippen molar-refractivity contribution in [1.82, 2.24) is 0 Å². The Morgan fingerprint density at radius 3 is 1.19 bits per heavy atom. The molecule has 0 N–H and O–H groups in total. The summed E-state index contributed by atoms with van der Waals surface area (Å²) in [4.78, 5) is 24.1. The first kappa shape index (κ1) is 82.5. The third kappa shape index (κ3) is 29.7. The molecule has 0 aromatic heterocycles. The van der Waals surface area contributed by atoms with Crippen LogP contribution in [0.15, 0.2) is 140 Å². The molecule has 1 fully saturated rings. The number of hydrogen-bond acceptors (Lipinski definition) is 9. The third-order valence-electron chi connectivity index (χ3n) is 18.1. The molecule has 0 bridgehead atoms. The molecule has 1 aliphatic rings. The summed E-state index contributed by atoms with van der Waals surface area (Å²) < 4.78 is 40.1. The Labute approximate surface area is 578 Å². The number of hydrogen-bond donors (Lipinski definition) is 0. The topological polar surface area (TPSA) is 98.8 Å². The van der Waals surface area contributed by atoms with Gasteiger partial charge in [-0.3, -0.25) is 0 Å². The zero-order chi connectivity index (χ0) is 71.3. The molecule has 0 aliphatic heterocycles. The number of aryl methyl sites for hydroxylation is 2. The summed E-state index contributed by atoms with van der Waals surface area (Å²) in [5, 5.41) is 0. The minimum Gasteiger partial charge on any atom is -0.488 e. The molecule has 6 aromatic carbocycles. The summed E-state index contributed by atoms with van der Waals surface area (Å²) in [7, 11) is 0. The highest BCUT2D eigenvalue weighted by atomic mass is 16.7. The second-order valence-electron chi connectivity index (χ2n) is 29.6. The van der Waals surface area contributed by atoms with Gasteiger partial charge in [0.05, 0.1) is 0 Å². The maximum Gasteiger partial charge on any atom is 0.514 e. The van der Waals surface area contributed by atoms with Crippen LogP contribution in [0.5, 0.6) is 28.7 Å². The molecule has 95 heavy (non-hydrogen) atoms. The summed E-state index contributed by atoms with van der Waals surface area (Å²) in [5.74, 6) is 6.83. The lowest BCUT2D eigenvalue weighted by molar-refractivity contribution is -0.172. The zero-order valence-corrected chi connectivity index (χ0v) is 63.9. The van der Waals surface area contributed by atoms with Gasteiger partial charge in [0.2, 0.25) is 5.60 Å². The summed E-state index contributed by atoms with van der Waals surface area (Å²) in [5.41, 5.74) is 7.90. The molecule has 6 aromatic rings. The van der Waals surface area contributed by atoms with Crippen LogP contribution >= 0.6 is 0 Å². The fraction of sp³-hybridized carbons (Fsp3) is 0.558. The fourth-order valence-electron chi connectivity index (χ4n) is 10.5. The average Bonchev–Trinajstić information content (AvgIpc) is 0.843. The lowest BCUT2D eigenvalue weighted by Gasteiger charge is -2.37. The SMILES string of the molecule is CCC(C)c1ccc(OC(=O)OC(C)(C)C)c(C)c1.CCC(C)c1ccc(OC(C)(C)C)cc1.CCC(C)c1ccc(OC(C)(CC)C(=O)OC(C)(C)C)c(C)c1.CCC(C)c1ccc(OC(C)c2ccccc2)cc1.CCC(C)c1ccc(OC2(CC)CCCCC2)cc1. The van der Waals surface area contributed by atoms with Gasteiger partial charge in [0.15, 0.2) is 0 Å². The molecular formula is C86H128O9. The number of ether oxygens (including phenoxy) is 7. The van der Waals surface area contributed by atoms with Crippen LogP contribution in [0.2, 0.25) is 0 Å². The molecule has 9 nitrogen and oxygen atoms in total. The molecule has 0 saturated heterocycles. The van der Waals surface area contributed by atoms with E-state index in [1.54, 1.807) is 6.92 Å². The van der Waals surface area contributed by atoms with Gasteiger partial charge in [-0.1, -0.05) is 181 Å². The van der Waals surface area contributed by atoms with Crippen LogP contribution in [-0.2, 0) is 14.3 Å². The molecule has 0 spiro atoms. The van der Waals surface area contributed by atoms with Crippen molar-refractivity contribution in [3.8, 4) is 28.7 Å². The van der Waals surface area contributed by atoms with Crippen LogP contribution in [0.4, 0.5) is 4.79 Å². The van der Waals surface area contributed by atoms with Crippen LogP contribution in [0.25, 0.3) is 0 Å². The van der Waals surface area contributed by atoms with E-state index in [4.69, 9.17) is 33.2 Å². The van der Waals surface area contributed by atoms with E-state index < -0.39 is 23.0 Å². The van der Waals surface area contributed by atoms with E-state index in [2.05, 4.69) is 207 Å². The van der Waals surface area contributed by atoms with Crippen molar-refractivity contribution < 1.29 is 42.7 Å². The largest absolute Gasteiger partial charge is 0.514 e. The molecule has 7 unspecified atom stereocenters. The van der Waals surface area contributed by atoms with Gasteiger partial charge in [-0.2, -0.15) is 0 Å².